The Morgan fingerprint density at radius 3 is 2.42 bits per heavy atom. The van der Waals surface area contributed by atoms with E-state index in [1.807, 2.05) is 24.3 Å². The predicted molar refractivity (Wildman–Crippen MR) is 83.5 cm³/mol. The minimum atomic E-state index is 0.445. The number of halogens is 3. The summed E-state index contributed by atoms with van der Waals surface area (Å²) >= 11 is 23.9. The van der Waals surface area contributed by atoms with Gasteiger partial charge in [-0.15, -0.1) is 0 Å². The fourth-order valence-electron chi connectivity index (χ4n) is 2.01. The van der Waals surface area contributed by atoms with E-state index in [0.29, 0.717) is 25.5 Å². The second-order valence-corrected chi connectivity index (χ2v) is 5.55. The van der Waals surface area contributed by atoms with Crippen LogP contribution in [0.3, 0.4) is 0 Å². The lowest BCUT2D eigenvalue weighted by molar-refractivity contribution is 1.07. The van der Waals surface area contributed by atoms with Gasteiger partial charge in [-0.2, -0.15) is 0 Å². The first-order valence-corrected chi connectivity index (χ1v) is 6.97. The Bertz CT molecular complexity index is 836. The molecule has 0 saturated heterocycles. The van der Waals surface area contributed by atoms with Crippen molar-refractivity contribution in [2.45, 2.75) is 0 Å². The van der Waals surface area contributed by atoms with Crippen molar-refractivity contribution in [1.82, 2.24) is 9.55 Å². The van der Waals surface area contributed by atoms with Crippen LogP contribution in [0, 0.1) is 4.77 Å². The zero-order chi connectivity index (χ0) is 13.6. The van der Waals surface area contributed by atoms with Crippen LogP contribution in [0.4, 0.5) is 0 Å². The van der Waals surface area contributed by atoms with E-state index in [1.54, 1.807) is 16.7 Å². The van der Waals surface area contributed by atoms with Gasteiger partial charge in [0.1, 0.15) is 0 Å². The van der Waals surface area contributed by atoms with Gasteiger partial charge in [-0.25, -0.2) is 0 Å². The number of aromatic nitrogens is 2. The molecule has 3 rings (SSSR count). The molecule has 1 heterocycles. The van der Waals surface area contributed by atoms with Gasteiger partial charge in [0.15, 0.2) is 4.77 Å². The van der Waals surface area contributed by atoms with Crippen molar-refractivity contribution >= 4 is 58.1 Å². The van der Waals surface area contributed by atoms with Crippen LogP contribution in [0.25, 0.3) is 16.7 Å². The molecule has 0 aliphatic carbocycles. The molecular formula is C13H7Cl3N2S. The molecule has 0 unspecified atom stereocenters. The molecule has 0 fully saturated rings. The zero-order valence-corrected chi connectivity index (χ0v) is 12.5. The van der Waals surface area contributed by atoms with Crippen molar-refractivity contribution in [2.24, 2.45) is 0 Å². The van der Waals surface area contributed by atoms with Crippen LogP contribution in [-0.2, 0) is 0 Å². The molecule has 6 heteroatoms. The van der Waals surface area contributed by atoms with E-state index in [2.05, 4.69) is 4.98 Å². The molecule has 1 N–H and O–H groups in total. The van der Waals surface area contributed by atoms with Gasteiger partial charge in [0.05, 0.1) is 31.8 Å². The van der Waals surface area contributed by atoms with Gasteiger partial charge in [-0.05, 0) is 36.5 Å². The van der Waals surface area contributed by atoms with E-state index < -0.39 is 0 Å². The third kappa shape index (κ3) is 2.07. The van der Waals surface area contributed by atoms with Gasteiger partial charge in [-0.1, -0.05) is 46.9 Å². The quantitative estimate of drug-likeness (QED) is 0.572. The smallest absolute Gasteiger partial charge is 0.182 e. The Balaban J connectivity index is 2.46. The highest BCUT2D eigenvalue weighted by molar-refractivity contribution is 7.71. The van der Waals surface area contributed by atoms with E-state index in [4.69, 9.17) is 47.0 Å². The van der Waals surface area contributed by atoms with Gasteiger partial charge >= 0.3 is 0 Å². The average molecular weight is 330 g/mol. The van der Waals surface area contributed by atoms with Crippen LogP contribution in [-0.4, -0.2) is 9.55 Å². The minimum Gasteiger partial charge on any atom is -0.330 e. The molecule has 3 aromatic rings. The van der Waals surface area contributed by atoms with Crippen LogP contribution in [0.15, 0.2) is 36.4 Å². The summed E-state index contributed by atoms with van der Waals surface area (Å²) in [6.07, 6.45) is 0. The molecule has 1 aromatic heterocycles. The van der Waals surface area contributed by atoms with Gasteiger partial charge in [0.25, 0.3) is 0 Å². The Kier molecular flexibility index (Phi) is 3.31. The Labute approximate surface area is 129 Å². The normalized spacial score (nSPS) is 11.1. The van der Waals surface area contributed by atoms with Crippen molar-refractivity contribution in [3.8, 4) is 5.69 Å². The fourth-order valence-corrected chi connectivity index (χ4v) is 2.95. The zero-order valence-electron chi connectivity index (χ0n) is 9.45. The van der Waals surface area contributed by atoms with E-state index in [-0.39, 0.29) is 0 Å². The molecule has 19 heavy (non-hydrogen) atoms. The highest BCUT2D eigenvalue weighted by atomic mass is 35.5. The van der Waals surface area contributed by atoms with Crippen molar-refractivity contribution in [3.63, 3.8) is 0 Å². The first kappa shape index (κ1) is 13.0. The maximum absolute atomic E-state index is 6.25. The molecule has 96 valence electrons. The lowest BCUT2D eigenvalue weighted by Crippen LogP contribution is -1.95. The van der Waals surface area contributed by atoms with Crippen LogP contribution >= 0.6 is 47.0 Å². The molecule has 0 radical (unpaired) electrons. The molecule has 0 aliphatic heterocycles. The molecule has 2 aromatic carbocycles. The van der Waals surface area contributed by atoms with Crippen LogP contribution in [0.2, 0.25) is 15.1 Å². The standard InChI is InChI=1S/C13H7Cl3N2S/c14-7-3-2-6-10(11(7)16)18-12-8(15)4-1-5-9(12)17-13(18)19/h1-6H,(H,17,19). The first-order valence-electron chi connectivity index (χ1n) is 5.43. The highest BCUT2D eigenvalue weighted by Crippen LogP contribution is 2.33. The topological polar surface area (TPSA) is 20.7 Å². The number of aromatic amines is 1. The number of fused-ring (bicyclic) bond motifs is 1. The summed E-state index contributed by atoms with van der Waals surface area (Å²) in [6, 6.07) is 11.0. The molecule has 0 amide bonds. The van der Waals surface area contributed by atoms with Crippen LogP contribution in [0.1, 0.15) is 0 Å². The van der Waals surface area contributed by atoms with Crippen molar-refractivity contribution in [3.05, 3.63) is 56.2 Å². The second kappa shape index (κ2) is 4.84. The van der Waals surface area contributed by atoms with E-state index in [0.717, 1.165) is 11.0 Å². The number of H-pyrrole nitrogens is 1. The summed E-state index contributed by atoms with van der Waals surface area (Å²) in [5.74, 6) is 0. The highest BCUT2D eigenvalue weighted by Gasteiger charge is 2.13. The number of benzene rings is 2. The molecule has 0 atom stereocenters. The Hall–Kier alpha value is -1.000. The van der Waals surface area contributed by atoms with Crippen LogP contribution < -0.4 is 0 Å². The van der Waals surface area contributed by atoms with E-state index >= 15 is 0 Å². The molecular weight excluding hydrogens is 323 g/mol. The summed E-state index contributed by atoms with van der Waals surface area (Å²) < 4.78 is 2.31. The van der Waals surface area contributed by atoms with E-state index in [9.17, 15) is 0 Å². The monoisotopic (exact) mass is 328 g/mol. The fraction of sp³-hybridized carbons (Fsp3) is 0. The van der Waals surface area contributed by atoms with Crippen molar-refractivity contribution in [2.75, 3.05) is 0 Å². The van der Waals surface area contributed by atoms with Crippen LogP contribution in [0.5, 0.6) is 0 Å². The van der Waals surface area contributed by atoms with Crippen molar-refractivity contribution in [1.29, 1.82) is 0 Å². The summed E-state index contributed by atoms with van der Waals surface area (Å²) in [5, 5.41) is 1.52. The van der Waals surface area contributed by atoms with E-state index in [1.165, 1.54) is 0 Å². The molecule has 0 spiro atoms. The lowest BCUT2D eigenvalue weighted by atomic mass is 10.3. The summed E-state index contributed by atoms with van der Waals surface area (Å²) in [6.45, 7) is 0. The largest absolute Gasteiger partial charge is 0.330 e. The predicted octanol–water partition coefficient (Wildman–Crippen LogP) is 5.65. The second-order valence-electron chi connectivity index (χ2n) is 3.97. The molecule has 0 saturated carbocycles. The Morgan fingerprint density at radius 1 is 0.947 bits per heavy atom. The maximum Gasteiger partial charge on any atom is 0.182 e. The number of imidazole rings is 1. The first-order chi connectivity index (χ1) is 9.09. The number of nitrogens with one attached hydrogen (secondary N) is 1. The molecule has 0 aliphatic rings. The third-order valence-electron chi connectivity index (χ3n) is 2.83. The number of hydrogen-bond acceptors (Lipinski definition) is 1. The summed E-state index contributed by atoms with van der Waals surface area (Å²) in [7, 11) is 0. The SMILES string of the molecule is S=c1[nH]c2cccc(Cl)c2n1-c1cccc(Cl)c1Cl. The summed E-state index contributed by atoms with van der Waals surface area (Å²) in [4.78, 5) is 3.10. The van der Waals surface area contributed by atoms with Gasteiger partial charge in [0, 0.05) is 0 Å². The average Bonchev–Trinajstić information content (AvgIpc) is 2.71. The third-order valence-corrected chi connectivity index (χ3v) is 4.23. The Morgan fingerprint density at radius 2 is 1.63 bits per heavy atom. The van der Waals surface area contributed by atoms with Crippen molar-refractivity contribution < 1.29 is 0 Å². The molecule has 2 nitrogen and oxygen atoms in total. The van der Waals surface area contributed by atoms with Gasteiger partial charge in [-0.3, -0.25) is 4.57 Å². The van der Waals surface area contributed by atoms with Gasteiger partial charge in [0.2, 0.25) is 0 Å². The number of nitrogens with zero attached hydrogens (tertiary/aromatic N) is 1. The maximum atomic E-state index is 6.25. The summed E-state index contributed by atoms with van der Waals surface area (Å²) in [5.41, 5.74) is 2.35. The number of hydrogen-bond donors (Lipinski definition) is 1. The van der Waals surface area contributed by atoms with Gasteiger partial charge < -0.3 is 4.98 Å². The molecule has 0 bridgehead atoms. The lowest BCUT2D eigenvalue weighted by Gasteiger charge is -2.08. The minimum absolute atomic E-state index is 0.445. The number of para-hydroxylation sites is 1. The number of rotatable bonds is 1.